The summed E-state index contributed by atoms with van der Waals surface area (Å²) in [6.45, 7) is 0. The summed E-state index contributed by atoms with van der Waals surface area (Å²) >= 11 is 0. The van der Waals surface area contributed by atoms with Gasteiger partial charge in [-0.3, -0.25) is 0 Å². The zero-order valence-electron chi connectivity index (χ0n) is 7.66. The average Bonchev–Trinajstić information content (AvgIpc) is 1.99. The summed E-state index contributed by atoms with van der Waals surface area (Å²) in [4.78, 5) is 0. The zero-order chi connectivity index (χ0) is 11.5. The fraction of sp³-hybridized carbons (Fsp3) is 0.333. The molecule has 0 aliphatic rings. The second-order valence-electron chi connectivity index (χ2n) is 3.20. The molecule has 0 radical (unpaired) electrons. The molecule has 1 aromatic rings. The highest BCUT2D eigenvalue weighted by molar-refractivity contribution is 8.13. The lowest BCUT2D eigenvalue weighted by Crippen LogP contribution is -2.28. The maximum atomic E-state index is 13.1. The van der Waals surface area contributed by atoms with Crippen molar-refractivity contribution in [3.8, 4) is 0 Å². The molecule has 0 atom stereocenters. The van der Waals surface area contributed by atoms with Gasteiger partial charge in [0.05, 0.1) is 0 Å². The van der Waals surface area contributed by atoms with Crippen LogP contribution in [0.5, 0.6) is 0 Å². The molecule has 0 aliphatic carbocycles. The molecule has 0 spiro atoms. The van der Waals surface area contributed by atoms with E-state index in [1.54, 1.807) is 18.2 Å². The Morgan fingerprint density at radius 3 is 2.20 bits per heavy atom. The zero-order valence-corrected chi connectivity index (χ0v) is 9.23. The highest BCUT2D eigenvalue weighted by Gasteiger charge is 2.34. The largest absolute Gasteiger partial charge is 0.267 e. The van der Waals surface area contributed by atoms with Crippen molar-refractivity contribution in [2.75, 3.05) is 5.75 Å². The number of rotatable bonds is 4. The Bertz CT molecular complexity index is 417. The quantitative estimate of drug-likeness (QED) is 0.774. The molecule has 0 aliphatic heterocycles. The van der Waals surface area contributed by atoms with Gasteiger partial charge in [0.2, 0.25) is 9.05 Å². The normalized spacial score (nSPS) is 12.7. The SMILES string of the molecule is O=S(=O)(Cl)CC(F)(F)Cc1ccccc1. The van der Waals surface area contributed by atoms with Crippen molar-refractivity contribution in [3.63, 3.8) is 0 Å². The fourth-order valence-electron chi connectivity index (χ4n) is 1.20. The molecular weight excluding hydrogens is 246 g/mol. The lowest BCUT2D eigenvalue weighted by atomic mass is 10.1. The topological polar surface area (TPSA) is 34.1 Å². The number of hydrogen-bond donors (Lipinski definition) is 0. The minimum atomic E-state index is -4.18. The molecule has 84 valence electrons. The van der Waals surface area contributed by atoms with Gasteiger partial charge in [0.1, 0.15) is 5.75 Å². The van der Waals surface area contributed by atoms with E-state index in [1.807, 2.05) is 0 Å². The Morgan fingerprint density at radius 2 is 1.73 bits per heavy atom. The van der Waals surface area contributed by atoms with Gasteiger partial charge in [-0.2, -0.15) is 0 Å². The van der Waals surface area contributed by atoms with Gasteiger partial charge in [-0.1, -0.05) is 30.3 Å². The average molecular weight is 255 g/mol. The third-order valence-electron chi connectivity index (χ3n) is 1.69. The van der Waals surface area contributed by atoms with Crippen LogP contribution < -0.4 is 0 Å². The molecule has 0 heterocycles. The van der Waals surface area contributed by atoms with Crippen LogP contribution in [0.25, 0.3) is 0 Å². The van der Waals surface area contributed by atoms with Gasteiger partial charge >= 0.3 is 0 Å². The first-order chi connectivity index (χ1) is 6.79. The van der Waals surface area contributed by atoms with E-state index in [0.717, 1.165) is 0 Å². The van der Waals surface area contributed by atoms with Crippen LogP contribution in [0.4, 0.5) is 8.78 Å². The van der Waals surface area contributed by atoms with E-state index in [9.17, 15) is 17.2 Å². The number of benzene rings is 1. The number of hydrogen-bond acceptors (Lipinski definition) is 2. The molecule has 1 rings (SSSR count). The summed E-state index contributed by atoms with van der Waals surface area (Å²) in [6, 6.07) is 7.94. The van der Waals surface area contributed by atoms with Crippen molar-refractivity contribution in [2.45, 2.75) is 12.3 Å². The Balaban J connectivity index is 2.73. The molecule has 2 nitrogen and oxygen atoms in total. The summed E-state index contributed by atoms with van der Waals surface area (Å²) < 4.78 is 47.3. The molecule has 0 aromatic heterocycles. The standard InChI is InChI=1S/C9H9ClF2O2S/c10-15(13,14)7-9(11,12)6-8-4-2-1-3-5-8/h1-5H,6-7H2. The highest BCUT2D eigenvalue weighted by atomic mass is 35.7. The van der Waals surface area contributed by atoms with Gasteiger partial charge in [0.15, 0.2) is 0 Å². The molecule has 1 aromatic carbocycles. The maximum Gasteiger partial charge on any atom is 0.267 e. The summed E-state index contributed by atoms with van der Waals surface area (Å²) in [5.74, 6) is -4.67. The molecule has 0 fully saturated rings. The van der Waals surface area contributed by atoms with Gasteiger partial charge in [-0.15, -0.1) is 0 Å². The van der Waals surface area contributed by atoms with Crippen molar-refractivity contribution in [3.05, 3.63) is 35.9 Å². The minimum absolute atomic E-state index is 0.378. The van der Waals surface area contributed by atoms with Crippen LogP contribution in [0, 0.1) is 0 Å². The highest BCUT2D eigenvalue weighted by Crippen LogP contribution is 2.23. The lowest BCUT2D eigenvalue weighted by Gasteiger charge is -2.14. The van der Waals surface area contributed by atoms with Crippen LogP contribution in [0.1, 0.15) is 5.56 Å². The van der Waals surface area contributed by atoms with Crippen molar-refractivity contribution in [1.29, 1.82) is 0 Å². The molecule has 0 saturated heterocycles. The molecule has 15 heavy (non-hydrogen) atoms. The van der Waals surface area contributed by atoms with Crippen molar-refractivity contribution in [1.82, 2.24) is 0 Å². The molecule has 0 unspecified atom stereocenters. The van der Waals surface area contributed by atoms with Crippen molar-refractivity contribution in [2.24, 2.45) is 0 Å². The predicted molar refractivity (Wildman–Crippen MR) is 54.7 cm³/mol. The van der Waals surface area contributed by atoms with E-state index in [4.69, 9.17) is 10.7 Å². The number of alkyl halides is 2. The Hall–Kier alpha value is -0.680. The van der Waals surface area contributed by atoms with Crippen LogP contribution >= 0.6 is 10.7 Å². The Labute approximate surface area is 91.3 Å². The van der Waals surface area contributed by atoms with Gasteiger partial charge in [0, 0.05) is 17.1 Å². The summed E-state index contributed by atoms with van der Waals surface area (Å²) in [7, 11) is 0.596. The molecule has 0 N–H and O–H groups in total. The van der Waals surface area contributed by atoms with Crippen LogP contribution in [-0.4, -0.2) is 20.1 Å². The predicted octanol–water partition coefficient (Wildman–Crippen LogP) is 2.43. The van der Waals surface area contributed by atoms with Gasteiger partial charge in [-0.25, -0.2) is 17.2 Å². The third-order valence-corrected chi connectivity index (χ3v) is 2.78. The number of halogens is 3. The Morgan fingerprint density at radius 1 is 1.20 bits per heavy atom. The summed E-state index contributed by atoms with van der Waals surface area (Å²) in [5.41, 5.74) is 0.378. The summed E-state index contributed by atoms with van der Waals surface area (Å²) in [6.07, 6.45) is -0.625. The molecule has 0 amide bonds. The molecule has 0 saturated carbocycles. The minimum Gasteiger partial charge on any atom is -0.212 e. The Kier molecular flexibility index (Phi) is 3.67. The van der Waals surface area contributed by atoms with E-state index < -0.39 is 27.1 Å². The van der Waals surface area contributed by atoms with Crippen LogP contribution in [0.2, 0.25) is 0 Å². The first-order valence-corrected chi connectivity index (χ1v) is 6.60. The van der Waals surface area contributed by atoms with E-state index in [1.165, 1.54) is 12.1 Å². The monoisotopic (exact) mass is 254 g/mol. The van der Waals surface area contributed by atoms with E-state index in [2.05, 4.69) is 0 Å². The van der Waals surface area contributed by atoms with Crippen LogP contribution in [-0.2, 0) is 15.5 Å². The first kappa shape index (κ1) is 12.4. The van der Waals surface area contributed by atoms with E-state index in [-0.39, 0.29) is 0 Å². The molecule has 6 heteroatoms. The van der Waals surface area contributed by atoms with Gasteiger partial charge < -0.3 is 0 Å². The second-order valence-corrected chi connectivity index (χ2v) is 5.98. The molecular formula is C9H9ClF2O2S. The maximum absolute atomic E-state index is 13.1. The van der Waals surface area contributed by atoms with E-state index >= 15 is 0 Å². The smallest absolute Gasteiger partial charge is 0.212 e. The lowest BCUT2D eigenvalue weighted by molar-refractivity contribution is 0.0267. The fourth-order valence-corrected chi connectivity index (χ4v) is 2.28. The summed E-state index contributed by atoms with van der Waals surface area (Å²) in [5, 5.41) is 0. The van der Waals surface area contributed by atoms with Crippen LogP contribution in [0.15, 0.2) is 30.3 Å². The van der Waals surface area contributed by atoms with Crippen molar-refractivity contribution < 1.29 is 17.2 Å². The molecule has 0 bridgehead atoms. The van der Waals surface area contributed by atoms with Crippen molar-refractivity contribution >= 4 is 19.7 Å². The first-order valence-electron chi connectivity index (χ1n) is 4.13. The van der Waals surface area contributed by atoms with E-state index in [0.29, 0.717) is 5.56 Å². The third kappa shape index (κ3) is 5.09. The second kappa shape index (κ2) is 4.45. The van der Waals surface area contributed by atoms with Gasteiger partial charge in [-0.05, 0) is 5.56 Å². The van der Waals surface area contributed by atoms with Gasteiger partial charge in [0.25, 0.3) is 5.92 Å². The van der Waals surface area contributed by atoms with Crippen LogP contribution in [0.3, 0.4) is 0 Å².